The summed E-state index contributed by atoms with van der Waals surface area (Å²) in [5.41, 5.74) is -1.49. The van der Waals surface area contributed by atoms with E-state index in [0.29, 0.717) is 38.1 Å². The van der Waals surface area contributed by atoms with Crippen molar-refractivity contribution in [1.29, 1.82) is 0 Å². The van der Waals surface area contributed by atoms with E-state index in [1.165, 1.54) is 6.07 Å². The normalized spacial score (nSPS) is 14.2. The molecule has 1 aromatic heterocycles. The molecule has 3 aromatic rings. The van der Waals surface area contributed by atoms with Crippen molar-refractivity contribution in [2.45, 2.75) is 6.61 Å². The predicted octanol–water partition coefficient (Wildman–Crippen LogP) is 3.41. The van der Waals surface area contributed by atoms with Gasteiger partial charge in [-0.3, -0.25) is 4.79 Å². The van der Waals surface area contributed by atoms with Gasteiger partial charge in [-0.15, -0.1) is 0 Å². The Kier molecular flexibility index (Phi) is 5.74. The summed E-state index contributed by atoms with van der Waals surface area (Å²) >= 11 is 0. The Bertz CT molecular complexity index is 1260. The van der Waals surface area contributed by atoms with E-state index in [1.54, 1.807) is 18.2 Å². The molecule has 0 radical (unpaired) electrons. The van der Waals surface area contributed by atoms with Crippen LogP contribution in [0.1, 0.15) is 10.4 Å². The molecule has 168 valence electrons. The minimum Gasteiger partial charge on any atom is -0.477 e. The van der Waals surface area contributed by atoms with Gasteiger partial charge in [-0.1, -0.05) is 6.07 Å². The first-order valence-electron chi connectivity index (χ1n) is 9.46. The van der Waals surface area contributed by atoms with Crippen LogP contribution in [0.5, 0.6) is 5.75 Å². The van der Waals surface area contributed by atoms with Crippen molar-refractivity contribution in [2.24, 2.45) is 0 Å². The molecular formula is C21H16F4N2O5. The number of halogens is 4. The molecule has 0 amide bonds. The SMILES string of the molecule is O=C(O)c1cn(-c2cccc(N3CCOCC3)c2)c2c(OC(F)F)c(F)c(F)cc2c1=O. The van der Waals surface area contributed by atoms with E-state index in [4.69, 9.17) is 4.74 Å². The number of aromatic carboxylic acids is 1. The van der Waals surface area contributed by atoms with Gasteiger partial charge in [0, 0.05) is 30.7 Å². The van der Waals surface area contributed by atoms with Gasteiger partial charge in [-0.05, 0) is 24.3 Å². The maximum atomic E-state index is 14.5. The van der Waals surface area contributed by atoms with Crippen LogP contribution in [0.3, 0.4) is 0 Å². The number of carboxylic acid groups (broad SMARTS) is 1. The molecule has 1 fully saturated rings. The number of carboxylic acids is 1. The lowest BCUT2D eigenvalue weighted by atomic mass is 10.1. The van der Waals surface area contributed by atoms with Crippen molar-refractivity contribution in [3.63, 3.8) is 0 Å². The standard InChI is InChI=1S/C21H16F4N2O5/c22-15-9-13-17(19(16(15)23)32-21(24)25)27(10-14(18(13)28)20(29)30)12-3-1-2-11(8-12)26-4-6-31-7-5-26/h1-3,8-10,21H,4-7H2,(H,29,30). The Balaban J connectivity index is 2.04. The van der Waals surface area contributed by atoms with Crippen molar-refractivity contribution < 1.29 is 36.9 Å². The minimum absolute atomic E-state index is 0.228. The van der Waals surface area contributed by atoms with Crippen LogP contribution in [-0.2, 0) is 4.74 Å². The van der Waals surface area contributed by atoms with Crippen LogP contribution in [-0.4, -0.2) is 48.6 Å². The lowest BCUT2D eigenvalue weighted by Crippen LogP contribution is -2.36. The van der Waals surface area contributed by atoms with Crippen molar-refractivity contribution in [3.05, 3.63) is 63.9 Å². The van der Waals surface area contributed by atoms with Crippen LogP contribution < -0.4 is 15.1 Å². The van der Waals surface area contributed by atoms with Crippen LogP contribution in [0, 0.1) is 11.6 Å². The highest BCUT2D eigenvalue weighted by Gasteiger charge is 2.25. The monoisotopic (exact) mass is 452 g/mol. The summed E-state index contributed by atoms with van der Waals surface area (Å²) in [4.78, 5) is 26.2. The zero-order valence-corrected chi connectivity index (χ0v) is 16.4. The molecule has 0 bridgehead atoms. The molecule has 2 aromatic carbocycles. The second-order valence-electron chi connectivity index (χ2n) is 6.94. The van der Waals surface area contributed by atoms with Crippen LogP contribution in [0.4, 0.5) is 23.2 Å². The first kappa shape index (κ1) is 21.6. The fourth-order valence-corrected chi connectivity index (χ4v) is 3.62. The Morgan fingerprint density at radius 1 is 1.12 bits per heavy atom. The van der Waals surface area contributed by atoms with Crippen molar-refractivity contribution >= 4 is 22.6 Å². The van der Waals surface area contributed by atoms with Crippen LogP contribution in [0.15, 0.2) is 41.3 Å². The predicted molar refractivity (Wildman–Crippen MR) is 106 cm³/mol. The maximum absolute atomic E-state index is 14.5. The summed E-state index contributed by atoms with van der Waals surface area (Å²) in [5.74, 6) is -6.16. The topological polar surface area (TPSA) is 81.0 Å². The van der Waals surface area contributed by atoms with E-state index >= 15 is 0 Å². The summed E-state index contributed by atoms with van der Waals surface area (Å²) in [6, 6.07) is 6.98. The summed E-state index contributed by atoms with van der Waals surface area (Å²) in [5, 5.41) is 8.82. The van der Waals surface area contributed by atoms with Crippen LogP contribution in [0.2, 0.25) is 0 Å². The number of carbonyl (C=O) groups is 1. The summed E-state index contributed by atoms with van der Waals surface area (Å²) in [7, 11) is 0. The average Bonchev–Trinajstić information content (AvgIpc) is 2.78. The van der Waals surface area contributed by atoms with Gasteiger partial charge in [0.15, 0.2) is 11.6 Å². The lowest BCUT2D eigenvalue weighted by Gasteiger charge is -2.29. The van der Waals surface area contributed by atoms with Crippen LogP contribution in [0.25, 0.3) is 16.6 Å². The number of nitrogens with zero attached hydrogens (tertiary/aromatic N) is 2. The number of morpholine rings is 1. The molecule has 7 nitrogen and oxygen atoms in total. The zero-order valence-electron chi connectivity index (χ0n) is 16.4. The zero-order chi connectivity index (χ0) is 23.0. The number of benzene rings is 2. The summed E-state index contributed by atoms with van der Waals surface area (Å²) < 4.78 is 65.1. The van der Waals surface area contributed by atoms with E-state index in [9.17, 15) is 32.3 Å². The molecule has 1 aliphatic heterocycles. The molecule has 4 rings (SSSR count). The van der Waals surface area contributed by atoms with Gasteiger partial charge in [0.1, 0.15) is 11.1 Å². The highest BCUT2D eigenvalue weighted by molar-refractivity contribution is 5.95. The van der Waals surface area contributed by atoms with E-state index in [2.05, 4.69) is 4.74 Å². The molecule has 1 saturated heterocycles. The average molecular weight is 452 g/mol. The van der Waals surface area contributed by atoms with Crippen molar-refractivity contribution in [3.8, 4) is 11.4 Å². The number of rotatable bonds is 5. The van der Waals surface area contributed by atoms with Gasteiger partial charge < -0.3 is 24.0 Å². The molecule has 0 unspecified atom stereocenters. The van der Waals surface area contributed by atoms with E-state index in [1.807, 2.05) is 4.90 Å². The Morgan fingerprint density at radius 2 is 1.81 bits per heavy atom. The number of hydrogen-bond donors (Lipinski definition) is 1. The van der Waals surface area contributed by atoms with Crippen molar-refractivity contribution in [1.82, 2.24) is 4.57 Å². The summed E-state index contributed by atoms with van der Waals surface area (Å²) in [6.07, 6.45) is 0.876. The smallest absolute Gasteiger partial charge is 0.387 e. The molecule has 0 aliphatic carbocycles. The third kappa shape index (κ3) is 3.86. The number of alkyl halides is 2. The van der Waals surface area contributed by atoms with E-state index < -0.39 is 51.9 Å². The van der Waals surface area contributed by atoms with Gasteiger partial charge in [0.2, 0.25) is 11.2 Å². The molecular weight excluding hydrogens is 436 g/mol. The van der Waals surface area contributed by atoms with Crippen molar-refractivity contribution in [2.75, 3.05) is 31.2 Å². The number of pyridine rings is 1. The molecule has 0 spiro atoms. The van der Waals surface area contributed by atoms with Gasteiger partial charge in [0.25, 0.3) is 0 Å². The molecule has 1 N–H and O–H groups in total. The molecule has 0 saturated carbocycles. The molecule has 2 heterocycles. The number of anilines is 1. The number of aromatic nitrogens is 1. The van der Waals surface area contributed by atoms with E-state index in [-0.39, 0.29) is 5.69 Å². The molecule has 1 aliphatic rings. The third-order valence-electron chi connectivity index (χ3n) is 5.06. The number of fused-ring (bicyclic) bond motifs is 1. The summed E-state index contributed by atoms with van der Waals surface area (Å²) in [6.45, 7) is -1.38. The highest BCUT2D eigenvalue weighted by atomic mass is 19.3. The van der Waals surface area contributed by atoms with Gasteiger partial charge in [-0.2, -0.15) is 13.2 Å². The number of ether oxygens (including phenoxy) is 2. The molecule has 0 atom stereocenters. The molecule has 11 heteroatoms. The van der Waals surface area contributed by atoms with Gasteiger partial charge in [-0.25, -0.2) is 9.18 Å². The van der Waals surface area contributed by atoms with Gasteiger partial charge in [0.05, 0.1) is 18.6 Å². The lowest BCUT2D eigenvalue weighted by molar-refractivity contribution is -0.0515. The van der Waals surface area contributed by atoms with Gasteiger partial charge >= 0.3 is 12.6 Å². The van der Waals surface area contributed by atoms with Crippen LogP contribution >= 0.6 is 0 Å². The fraction of sp³-hybridized carbons (Fsp3) is 0.238. The maximum Gasteiger partial charge on any atom is 0.387 e. The third-order valence-corrected chi connectivity index (χ3v) is 5.06. The second-order valence-corrected chi connectivity index (χ2v) is 6.94. The first-order valence-corrected chi connectivity index (χ1v) is 9.46. The minimum atomic E-state index is -3.52. The Morgan fingerprint density at radius 3 is 2.47 bits per heavy atom. The molecule has 32 heavy (non-hydrogen) atoms. The largest absolute Gasteiger partial charge is 0.477 e. The second kappa shape index (κ2) is 8.50. The highest BCUT2D eigenvalue weighted by Crippen LogP contribution is 2.33. The Labute approximate surface area is 178 Å². The first-order chi connectivity index (χ1) is 15.3. The Hall–Kier alpha value is -3.60. The fourth-order valence-electron chi connectivity index (χ4n) is 3.62. The quantitative estimate of drug-likeness (QED) is 0.598. The van der Waals surface area contributed by atoms with E-state index in [0.717, 1.165) is 10.8 Å². The number of hydrogen-bond acceptors (Lipinski definition) is 5.